The van der Waals surface area contributed by atoms with Gasteiger partial charge in [-0.15, -0.1) is 0 Å². The zero-order valence-corrected chi connectivity index (χ0v) is 12.0. The second kappa shape index (κ2) is 5.95. The van der Waals surface area contributed by atoms with Crippen LogP contribution in [0.2, 0.25) is 5.02 Å². The molecule has 0 fully saturated rings. The number of hydrogen-bond donors (Lipinski definition) is 1. The minimum atomic E-state index is 0.0183. The molecule has 0 atom stereocenters. The average molecular weight is 294 g/mol. The predicted molar refractivity (Wildman–Crippen MR) is 79.5 cm³/mol. The monoisotopic (exact) mass is 293 g/mol. The van der Waals surface area contributed by atoms with Crippen LogP contribution in [0.4, 0.5) is 5.13 Å². The number of halogens is 1. The van der Waals surface area contributed by atoms with Crippen LogP contribution >= 0.6 is 22.9 Å². The Morgan fingerprint density at radius 1 is 1.42 bits per heavy atom. The largest absolute Gasteiger partial charge is 0.294 e. The van der Waals surface area contributed by atoms with Crippen molar-refractivity contribution in [3.63, 3.8) is 0 Å². The number of carbonyl (C=O) groups is 1. The van der Waals surface area contributed by atoms with Crippen LogP contribution in [0.1, 0.15) is 27.9 Å². The molecule has 0 bridgehead atoms. The van der Waals surface area contributed by atoms with Gasteiger partial charge in [0.05, 0.1) is 16.8 Å². The fourth-order valence-electron chi connectivity index (χ4n) is 1.48. The number of carbonyl (C=O) groups excluding carboxylic acids is 1. The van der Waals surface area contributed by atoms with E-state index in [1.54, 1.807) is 25.3 Å². The van der Waals surface area contributed by atoms with E-state index in [0.717, 1.165) is 11.3 Å². The third-order valence-corrected chi connectivity index (χ3v) is 3.78. The fourth-order valence-corrected chi connectivity index (χ4v) is 2.42. The molecule has 0 saturated heterocycles. The van der Waals surface area contributed by atoms with Crippen LogP contribution in [-0.2, 0) is 0 Å². The molecule has 1 N–H and O–H groups in total. The van der Waals surface area contributed by atoms with Crippen molar-refractivity contribution in [2.24, 2.45) is 5.10 Å². The highest BCUT2D eigenvalue weighted by molar-refractivity contribution is 7.17. The Balaban J connectivity index is 2.04. The molecule has 0 aliphatic rings. The van der Waals surface area contributed by atoms with Gasteiger partial charge in [-0.1, -0.05) is 35.1 Å². The van der Waals surface area contributed by atoms with Crippen LogP contribution in [0.3, 0.4) is 0 Å². The molecule has 6 heteroatoms. The van der Waals surface area contributed by atoms with Crippen LogP contribution < -0.4 is 5.43 Å². The Morgan fingerprint density at radius 2 is 2.11 bits per heavy atom. The van der Waals surface area contributed by atoms with Gasteiger partial charge < -0.3 is 0 Å². The van der Waals surface area contributed by atoms with Crippen molar-refractivity contribution in [2.75, 3.05) is 5.43 Å². The molecule has 0 spiro atoms. The van der Waals surface area contributed by atoms with Gasteiger partial charge in [0.2, 0.25) is 5.13 Å². The number of rotatable bonds is 4. The molecule has 1 heterocycles. The number of hydrogen-bond acceptors (Lipinski definition) is 5. The van der Waals surface area contributed by atoms with Crippen molar-refractivity contribution in [1.82, 2.24) is 4.98 Å². The molecule has 2 rings (SSSR count). The SMILES string of the molecule is CC(=O)c1sc(N/N=C\c2ccc(Cl)cc2)nc1C. The first-order chi connectivity index (χ1) is 9.06. The number of nitrogens with one attached hydrogen (secondary N) is 1. The van der Waals surface area contributed by atoms with E-state index in [0.29, 0.717) is 15.0 Å². The number of thiazole rings is 1. The van der Waals surface area contributed by atoms with Crippen molar-refractivity contribution >= 4 is 40.1 Å². The van der Waals surface area contributed by atoms with Gasteiger partial charge in [0, 0.05) is 11.9 Å². The van der Waals surface area contributed by atoms with Gasteiger partial charge in [0.1, 0.15) is 0 Å². The molecule has 4 nitrogen and oxygen atoms in total. The Hall–Kier alpha value is -1.72. The third-order valence-electron chi connectivity index (χ3n) is 2.36. The summed E-state index contributed by atoms with van der Waals surface area (Å²) >= 11 is 7.09. The lowest BCUT2D eigenvalue weighted by molar-refractivity contribution is 0.102. The predicted octanol–water partition coefficient (Wildman–Crippen LogP) is 3.75. The molecule has 0 radical (unpaired) electrons. The van der Waals surface area contributed by atoms with Crippen molar-refractivity contribution in [2.45, 2.75) is 13.8 Å². The normalized spacial score (nSPS) is 10.9. The van der Waals surface area contributed by atoms with Crippen LogP contribution in [0, 0.1) is 6.92 Å². The highest BCUT2D eigenvalue weighted by Gasteiger charge is 2.10. The zero-order chi connectivity index (χ0) is 13.8. The van der Waals surface area contributed by atoms with E-state index >= 15 is 0 Å². The number of anilines is 1. The minimum absolute atomic E-state index is 0.0183. The van der Waals surface area contributed by atoms with Crippen LogP contribution in [0.15, 0.2) is 29.4 Å². The van der Waals surface area contributed by atoms with Gasteiger partial charge >= 0.3 is 0 Å². The summed E-state index contributed by atoms with van der Waals surface area (Å²) in [6, 6.07) is 7.32. The molecular weight excluding hydrogens is 282 g/mol. The quantitative estimate of drug-likeness (QED) is 0.530. The lowest BCUT2D eigenvalue weighted by Gasteiger charge is -1.94. The lowest BCUT2D eigenvalue weighted by atomic mass is 10.2. The first-order valence-corrected chi connectivity index (χ1v) is 6.78. The van der Waals surface area contributed by atoms with E-state index in [1.165, 1.54) is 18.3 Å². The Morgan fingerprint density at radius 3 is 2.68 bits per heavy atom. The average Bonchev–Trinajstić information content (AvgIpc) is 2.73. The summed E-state index contributed by atoms with van der Waals surface area (Å²) in [5.74, 6) is 0.0183. The van der Waals surface area contributed by atoms with E-state index in [-0.39, 0.29) is 5.78 Å². The van der Waals surface area contributed by atoms with E-state index in [2.05, 4.69) is 15.5 Å². The summed E-state index contributed by atoms with van der Waals surface area (Å²) in [6.45, 7) is 3.34. The van der Waals surface area contributed by atoms with Gasteiger partial charge in [-0.25, -0.2) is 4.98 Å². The molecule has 0 amide bonds. The maximum Gasteiger partial charge on any atom is 0.204 e. The second-order valence-corrected chi connectivity index (χ2v) is 5.35. The first kappa shape index (κ1) is 13.7. The molecule has 1 aromatic carbocycles. The summed E-state index contributed by atoms with van der Waals surface area (Å²) in [5.41, 5.74) is 4.47. The van der Waals surface area contributed by atoms with Gasteiger partial charge in [0.15, 0.2) is 5.78 Å². The Kier molecular flexibility index (Phi) is 4.29. The number of aryl methyl sites for hydroxylation is 1. The molecular formula is C13H12ClN3OS. The van der Waals surface area contributed by atoms with E-state index in [9.17, 15) is 4.79 Å². The van der Waals surface area contributed by atoms with Gasteiger partial charge in [0.25, 0.3) is 0 Å². The third kappa shape index (κ3) is 3.62. The number of nitrogens with zero attached hydrogens (tertiary/aromatic N) is 2. The number of ketones is 1. The highest BCUT2D eigenvalue weighted by Crippen LogP contribution is 2.22. The molecule has 98 valence electrons. The van der Waals surface area contributed by atoms with Gasteiger partial charge in [-0.2, -0.15) is 5.10 Å². The van der Waals surface area contributed by atoms with E-state index in [1.807, 2.05) is 12.1 Å². The van der Waals surface area contributed by atoms with Crippen LogP contribution in [0.5, 0.6) is 0 Å². The van der Waals surface area contributed by atoms with Crippen molar-refractivity contribution in [1.29, 1.82) is 0 Å². The molecule has 0 aliphatic carbocycles. The van der Waals surface area contributed by atoms with Gasteiger partial charge in [-0.3, -0.25) is 10.2 Å². The Labute approximate surface area is 120 Å². The Bertz CT molecular complexity index is 619. The van der Waals surface area contributed by atoms with Crippen LogP contribution in [-0.4, -0.2) is 17.0 Å². The number of hydrazone groups is 1. The maximum atomic E-state index is 11.3. The summed E-state index contributed by atoms with van der Waals surface area (Å²) < 4.78 is 0. The number of aromatic nitrogens is 1. The number of benzene rings is 1. The van der Waals surface area contributed by atoms with Crippen molar-refractivity contribution in [3.8, 4) is 0 Å². The molecule has 0 saturated carbocycles. The molecule has 0 aliphatic heterocycles. The highest BCUT2D eigenvalue weighted by atomic mass is 35.5. The van der Waals surface area contributed by atoms with Crippen molar-refractivity contribution < 1.29 is 4.79 Å². The minimum Gasteiger partial charge on any atom is -0.294 e. The van der Waals surface area contributed by atoms with Gasteiger partial charge in [-0.05, 0) is 24.6 Å². The lowest BCUT2D eigenvalue weighted by Crippen LogP contribution is -1.90. The smallest absolute Gasteiger partial charge is 0.204 e. The first-order valence-electron chi connectivity index (χ1n) is 5.59. The summed E-state index contributed by atoms with van der Waals surface area (Å²) in [6.07, 6.45) is 1.67. The zero-order valence-electron chi connectivity index (χ0n) is 10.5. The molecule has 1 aromatic heterocycles. The standard InChI is InChI=1S/C13H12ClN3OS/c1-8-12(9(2)18)19-13(16-8)17-15-7-10-3-5-11(14)6-4-10/h3-7H,1-2H3,(H,16,17)/b15-7-. The van der Waals surface area contributed by atoms with E-state index in [4.69, 9.17) is 11.6 Å². The summed E-state index contributed by atoms with van der Waals surface area (Å²) in [5, 5.41) is 5.37. The second-order valence-electron chi connectivity index (χ2n) is 3.91. The molecule has 19 heavy (non-hydrogen) atoms. The van der Waals surface area contributed by atoms with Crippen molar-refractivity contribution in [3.05, 3.63) is 45.4 Å². The summed E-state index contributed by atoms with van der Waals surface area (Å²) in [4.78, 5) is 16.2. The molecule has 0 unspecified atom stereocenters. The maximum absolute atomic E-state index is 11.3. The van der Waals surface area contributed by atoms with Crippen LogP contribution in [0.25, 0.3) is 0 Å². The van der Waals surface area contributed by atoms with E-state index < -0.39 is 0 Å². The topological polar surface area (TPSA) is 54.4 Å². The molecule has 2 aromatic rings. The number of Topliss-reactive ketones (excluding diaryl/α,β-unsaturated/α-hetero) is 1. The fraction of sp³-hybridized carbons (Fsp3) is 0.154. The summed E-state index contributed by atoms with van der Waals surface area (Å²) in [7, 11) is 0.